The first-order valence-corrected chi connectivity index (χ1v) is 5.76. The third-order valence-corrected chi connectivity index (χ3v) is 3.00. The third kappa shape index (κ3) is 2.87. The second-order valence-electron chi connectivity index (χ2n) is 4.25. The first-order valence-electron chi connectivity index (χ1n) is 5.38. The fourth-order valence-corrected chi connectivity index (χ4v) is 1.88. The average molecular weight is 254 g/mol. The van der Waals surface area contributed by atoms with E-state index >= 15 is 0 Å². The molecule has 0 N–H and O–H groups in total. The highest BCUT2D eigenvalue weighted by atomic mass is 35.5. The lowest BCUT2D eigenvalue weighted by molar-refractivity contribution is 0.307. The number of hydrogen-bond donors (Lipinski definition) is 0. The first-order chi connectivity index (χ1) is 8.06. The Kier molecular flexibility index (Phi) is 3.49. The van der Waals surface area contributed by atoms with Crippen LogP contribution in [0.5, 0.6) is 0 Å². The number of aromatic nitrogens is 4. The summed E-state index contributed by atoms with van der Waals surface area (Å²) in [5.41, 5.74) is 1.19. The van der Waals surface area contributed by atoms with Crippen LogP contribution in [0, 0.1) is 0 Å². The highest BCUT2D eigenvalue weighted by molar-refractivity contribution is 6.29. The molecular formula is C11H16ClN5. The van der Waals surface area contributed by atoms with Crippen LogP contribution >= 0.6 is 11.6 Å². The smallest absolute Gasteiger partial charge is 0.128 e. The van der Waals surface area contributed by atoms with Crippen molar-refractivity contribution >= 4 is 11.6 Å². The molecule has 2 heterocycles. The van der Waals surface area contributed by atoms with Crippen LogP contribution in [0.4, 0.5) is 0 Å². The van der Waals surface area contributed by atoms with Crippen LogP contribution in [-0.2, 0) is 27.2 Å². The lowest BCUT2D eigenvalue weighted by Crippen LogP contribution is -2.19. The highest BCUT2D eigenvalue weighted by Crippen LogP contribution is 2.11. The Balaban J connectivity index is 1.97. The van der Waals surface area contributed by atoms with Gasteiger partial charge in [-0.05, 0) is 7.05 Å². The van der Waals surface area contributed by atoms with Crippen LogP contribution < -0.4 is 0 Å². The largest absolute Gasteiger partial charge is 0.321 e. The molecule has 92 valence electrons. The topological polar surface area (TPSA) is 38.9 Å². The Morgan fingerprint density at radius 2 is 2.06 bits per heavy atom. The van der Waals surface area contributed by atoms with E-state index < -0.39 is 0 Å². The molecule has 2 rings (SSSR count). The monoisotopic (exact) mass is 253 g/mol. The molecule has 0 spiro atoms. The van der Waals surface area contributed by atoms with Crippen molar-refractivity contribution in [3.63, 3.8) is 0 Å². The van der Waals surface area contributed by atoms with E-state index in [9.17, 15) is 0 Å². The zero-order valence-corrected chi connectivity index (χ0v) is 11.0. The minimum Gasteiger partial charge on any atom is -0.321 e. The van der Waals surface area contributed by atoms with E-state index in [1.54, 1.807) is 10.9 Å². The van der Waals surface area contributed by atoms with Gasteiger partial charge in [0.25, 0.3) is 0 Å². The van der Waals surface area contributed by atoms with E-state index in [0.29, 0.717) is 5.15 Å². The number of halogens is 1. The number of nitrogens with zero attached hydrogens (tertiary/aromatic N) is 5. The van der Waals surface area contributed by atoms with E-state index in [4.69, 9.17) is 11.6 Å². The van der Waals surface area contributed by atoms with Crippen molar-refractivity contribution in [3.05, 3.63) is 35.1 Å². The molecule has 0 aromatic carbocycles. The summed E-state index contributed by atoms with van der Waals surface area (Å²) in [6.45, 7) is 1.61. The normalized spacial score (nSPS) is 11.4. The van der Waals surface area contributed by atoms with E-state index in [0.717, 1.165) is 18.9 Å². The highest BCUT2D eigenvalue weighted by Gasteiger charge is 2.08. The van der Waals surface area contributed by atoms with Crippen molar-refractivity contribution in [2.45, 2.75) is 13.1 Å². The molecule has 5 nitrogen and oxygen atoms in total. The van der Waals surface area contributed by atoms with Crippen molar-refractivity contribution in [3.8, 4) is 0 Å². The van der Waals surface area contributed by atoms with Gasteiger partial charge in [-0.15, -0.1) is 0 Å². The van der Waals surface area contributed by atoms with Gasteiger partial charge in [-0.25, -0.2) is 4.98 Å². The maximum Gasteiger partial charge on any atom is 0.128 e. The maximum atomic E-state index is 5.94. The van der Waals surface area contributed by atoms with Gasteiger partial charge in [0.15, 0.2) is 0 Å². The molecule has 0 fully saturated rings. The quantitative estimate of drug-likeness (QED) is 0.828. The van der Waals surface area contributed by atoms with Crippen molar-refractivity contribution in [2.75, 3.05) is 7.05 Å². The molecule has 0 unspecified atom stereocenters. The van der Waals surface area contributed by atoms with Gasteiger partial charge < -0.3 is 4.57 Å². The number of imidazole rings is 1. The van der Waals surface area contributed by atoms with Gasteiger partial charge in [0, 0.05) is 32.4 Å². The van der Waals surface area contributed by atoms with Crippen molar-refractivity contribution in [1.29, 1.82) is 0 Å². The van der Waals surface area contributed by atoms with Crippen LogP contribution in [0.1, 0.15) is 11.4 Å². The molecule has 2 aromatic rings. The molecule has 17 heavy (non-hydrogen) atoms. The van der Waals surface area contributed by atoms with Gasteiger partial charge in [-0.3, -0.25) is 9.58 Å². The number of rotatable bonds is 4. The van der Waals surface area contributed by atoms with Crippen molar-refractivity contribution in [1.82, 2.24) is 24.2 Å². The predicted molar refractivity (Wildman–Crippen MR) is 66.6 cm³/mol. The lowest BCUT2D eigenvalue weighted by Gasteiger charge is -2.15. The van der Waals surface area contributed by atoms with E-state index in [1.807, 2.05) is 31.1 Å². The maximum absolute atomic E-state index is 5.94. The van der Waals surface area contributed by atoms with Crippen LogP contribution in [0.25, 0.3) is 0 Å². The van der Waals surface area contributed by atoms with Gasteiger partial charge in [0.05, 0.1) is 18.9 Å². The van der Waals surface area contributed by atoms with E-state index in [2.05, 4.69) is 22.0 Å². The van der Waals surface area contributed by atoms with Gasteiger partial charge in [0.2, 0.25) is 0 Å². The van der Waals surface area contributed by atoms with E-state index in [-0.39, 0.29) is 0 Å². The molecule has 0 aliphatic heterocycles. The summed E-state index contributed by atoms with van der Waals surface area (Å²) in [6, 6.07) is 0. The third-order valence-electron chi connectivity index (χ3n) is 2.65. The van der Waals surface area contributed by atoms with Gasteiger partial charge in [-0.1, -0.05) is 11.6 Å². The minimum absolute atomic E-state index is 0.662. The molecule has 0 aliphatic rings. The SMILES string of the molecule is CN(Cc1cnn(C)c1)Cc1ncc(Cl)n1C. The Bertz CT molecular complexity index is 502. The predicted octanol–water partition coefficient (Wildman–Crippen LogP) is 1.44. The second-order valence-corrected chi connectivity index (χ2v) is 4.64. The summed E-state index contributed by atoms with van der Waals surface area (Å²) in [6.07, 6.45) is 5.57. The second kappa shape index (κ2) is 4.89. The van der Waals surface area contributed by atoms with Crippen molar-refractivity contribution in [2.24, 2.45) is 14.1 Å². The summed E-state index contributed by atoms with van der Waals surface area (Å²) < 4.78 is 3.70. The van der Waals surface area contributed by atoms with E-state index in [1.165, 1.54) is 5.56 Å². The number of aryl methyl sites for hydroxylation is 1. The zero-order chi connectivity index (χ0) is 12.4. The van der Waals surface area contributed by atoms with Gasteiger partial charge in [0.1, 0.15) is 11.0 Å². The molecule has 0 bridgehead atoms. The molecule has 0 saturated heterocycles. The lowest BCUT2D eigenvalue weighted by atomic mass is 10.3. The van der Waals surface area contributed by atoms with Crippen molar-refractivity contribution < 1.29 is 0 Å². The molecule has 0 amide bonds. The Morgan fingerprint density at radius 1 is 1.29 bits per heavy atom. The number of hydrogen-bond acceptors (Lipinski definition) is 3. The van der Waals surface area contributed by atoms with Gasteiger partial charge in [-0.2, -0.15) is 5.10 Å². The first kappa shape index (κ1) is 12.1. The molecule has 6 heteroatoms. The molecular weight excluding hydrogens is 238 g/mol. The van der Waals surface area contributed by atoms with Crippen LogP contribution in [0.2, 0.25) is 5.15 Å². The Hall–Kier alpha value is -1.33. The Labute approximate surface area is 106 Å². The fraction of sp³-hybridized carbons (Fsp3) is 0.455. The summed E-state index contributed by atoms with van der Waals surface area (Å²) >= 11 is 5.94. The van der Waals surface area contributed by atoms with Crippen LogP contribution in [-0.4, -0.2) is 31.3 Å². The standard InChI is InChI=1S/C11H16ClN5/c1-15(6-9-4-14-16(2)7-9)8-11-13-5-10(12)17(11)3/h4-5,7H,6,8H2,1-3H3. The Morgan fingerprint density at radius 3 is 2.59 bits per heavy atom. The van der Waals surface area contributed by atoms with Crippen LogP contribution in [0.15, 0.2) is 18.6 Å². The zero-order valence-electron chi connectivity index (χ0n) is 10.3. The molecule has 0 aliphatic carbocycles. The fourth-order valence-electron chi connectivity index (χ4n) is 1.73. The molecule has 2 aromatic heterocycles. The van der Waals surface area contributed by atoms with Gasteiger partial charge >= 0.3 is 0 Å². The summed E-state index contributed by atoms with van der Waals surface area (Å²) in [7, 11) is 5.89. The van der Waals surface area contributed by atoms with Crippen LogP contribution in [0.3, 0.4) is 0 Å². The average Bonchev–Trinajstić information content (AvgIpc) is 2.79. The molecule has 0 radical (unpaired) electrons. The molecule has 0 saturated carbocycles. The molecule has 0 atom stereocenters. The summed E-state index contributed by atoms with van der Waals surface area (Å²) in [5, 5.41) is 4.81. The summed E-state index contributed by atoms with van der Waals surface area (Å²) in [4.78, 5) is 6.45. The minimum atomic E-state index is 0.662. The summed E-state index contributed by atoms with van der Waals surface area (Å²) in [5.74, 6) is 0.960.